The van der Waals surface area contributed by atoms with Crippen LogP contribution in [-0.4, -0.2) is 17.2 Å². The highest BCUT2D eigenvalue weighted by atomic mass is 16.4. The molecule has 2 aromatic rings. The lowest BCUT2D eigenvalue weighted by Gasteiger charge is -2.22. The minimum atomic E-state index is -1.41. The van der Waals surface area contributed by atoms with Gasteiger partial charge in [0.2, 0.25) is 0 Å². The largest absolute Gasteiger partial charge is 0.488 e. The van der Waals surface area contributed by atoms with Crippen molar-refractivity contribution < 1.29 is 10.0 Å². The van der Waals surface area contributed by atoms with Crippen LogP contribution in [0.1, 0.15) is 30.5 Å². The maximum Gasteiger partial charge on any atom is 0.488 e. The normalized spacial score (nSPS) is 15.0. The van der Waals surface area contributed by atoms with E-state index in [0.717, 1.165) is 0 Å². The Hall–Kier alpha value is -1.58. The van der Waals surface area contributed by atoms with Gasteiger partial charge in [-0.2, -0.15) is 0 Å². The van der Waals surface area contributed by atoms with Crippen LogP contribution in [0, 0.1) is 6.92 Å². The summed E-state index contributed by atoms with van der Waals surface area (Å²) in [6, 6.07) is 12.2. The van der Waals surface area contributed by atoms with E-state index in [-0.39, 0.29) is 5.41 Å². The van der Waals surface area contributed by atoms with E-state index < -0.39 is 7.12 Å². The van der Waals surface area contributed by atoms with E-state index in [9.17, 15) is 10.0 Å². The third-order valence-electron chi connectivity index (χ3n) is 4.15. The fourth-order valence-electron chi connectivity index (χ4n) is 3.03. The summed E-state index contributed by atoms with van der Waals surface area (Å²) in [5.74, 6) is 0. The molecule has 2 aromatic carbocycles. The lowest BCUT2D eigenvalue weighted by atomic mass is 9.75. The maximum atomic E-state index is 9.34. The average molecular weight is 252 g/mol. The van der Waals surface area contributed by atoms with Crippen molar-refractivity contribution in [3.8, 4) is 11.1 Å². The smallest absolute Gasteiger partial charge is 0.423 e. The Labute approximate surface area is 113 Å². The molecule has 0 unspecified atom stereocenters. The van der Waals surface area contributed by atoms with E-state index in [1.54, 1.807) is 6.07 Å². The minimum Gasteiger partial charge on any atom is -0.423 e. The van der Waals surface area contributed by atoms with E-state index in [4.69, 9.17) is 0 Å². The Balaban J connectivity index is 2.28. The second-order valence-electron chi connectivity index (χ2n) is 5.85. The van der Waals surface area contributed by atoms with Crippen molar-refractivity contribution >= 4 is 12.6 Å². The molecular formula is C16H17BO2. The Morgan fingerprint density at radius 2 is 1.47 bits per heavy atom. The van der Waals surface area contributed by atoms with Crippen molar-refractivity contribution in [1.29, 1.82) is 0 Å². The van der Waals surface area contributed by atoms with Gasteiger partial charge in [-0.3, -0.25) is 0 Å². The summed E-state index contributed by atoms with van der Waals surface area (Å²) in [5.41, 5.74) is 6.64. The summed E-state index contributed by atoms with van der Waals surface area (Å²) in [6.45, 7) is 6.47. The van der Waals surface area contributed by atoms with Gasteiger partial charge in [0, 0.05) is 5.41 Å². The maximum absolute atomic E-state index is 9.34. The second kappa shape index (κ2) is 3.96. The van der Waals surface area contributed by atoms with Crippen LogP contribution in [-0.2, 0) is 5.41 Å². The highest BCUT2D eigenvalue weighted by Gasteiger charge is 2.35. The molecule has 2 nitrogen and oxygen atoms in total. The van der Waals surface area contributed by atoms with E-state index in [2.05, 4.69) is 39.0 Å². The van der Waals surface area contributed by atoms with Crippen LogP contribution in [0.4, 0.5) is 0 Å². The molecule has 3 rings (SSSR count). The Bertz CT molecular complexity index is 660. The fraction of sp³-hybridized carbons (Fsp3) is 0.250. The molecule has 0 aromatic heterocycles. The van der Waals surface area contributed by atoms with Crippen molar-refractivity contribution in [2.75, 3.05) is 0 Å². The van der Waals surface area contributed by atoms with Crippen LogP contribution in [0.25, 0.3) is 11.1 Å². The molecule has 0 spiro atoms. The molecule has 0 aliphatic heterocycles. The lowest BCUT2D eigenvalue weighted by Crippen LogP contribution is -2.31. The number of rotatable bonds is 1. The zero-order valence-electron chi connectivity index (χ0n) is 11.4. The predicted octanol–water partition coefficient (Wildman–Crippen LogP) is 1.98. The molecule has 0 atom stereocenters. The molecule has 96 valence electrons. The summed E-state index contributed by atoms with van der Waals surface area (Å²) < 4.78 is 0. The van der Waals surface area contributed by atoms with Crippen LogP contribution in [0.2, 0.25) is 0 Å². The second-order valence-corrected chi connectivity index (χ2v) is 5.85. The first kappa shape index (κ1) is 12.5. The van der Waals surface area contributed by atoms with Crippen LogP contribution >= 0.6 is 0 Å². The number of hydrogen-bond acceptors (Lipinski definition) is 2. The van der Waals surface area contributed by atoms with Crippen molar-refractivity contribution in [2.45, 2.75) is 26.2 Å². The van der Waals surface area contributed by atoms with Gasteiger partial charge in [-0.05, 0) is 34.6 Å². The molecule has 0 radical (unpaired) electrons. The quantitative estimate of drug-likeness (QED) is 0.762. The first-order chi connectivity index (χ1) is 8.91. The summed E-state index contributed by atoms with van der Waals surface area (Å²) in [4.78, 5) is 0. The van der Waals surface area contributed by atoms with Gasteiger partial charge < -0.3 is 10.0 Å². The fourth-order valence-corrected chi connectivity index (χ4v) is 3.03. The SMILES string of the molecule is Cc1ccc2c(c1)C(C)(C)c1cc(B(O)O)ccc1-2. The number of hydrogen-bond donors (Lipinski definition) is 2. The van der Waals surface area contributed by atoms with Crippen LogP contribution < -0.4 is 5.46 Å². The molecule has 0 fully saturated rings. The Morgan fingerprint density at radius 1 is 0.895 bits per heavy atom. The summed E-state index contributed by atoms with van der Waals surface area (Å²) in [7, 11) is -1.41. The summed E-state index contributed by atoms with van der Waals surface area (Å²) in [6.07, 6.45) is 0. The summed E-state index contributed by atoms with van der Waals surface area (Å²) in [5, 5.41) is 18.7. The van der Waals surface area contributed by atoms with Crippen molar-refractivity contribution in [2.24, 2.45) is 0 Å². The Kier molecular flexibility index (Phi) is 2.59. The molecule has 1 aliphatic rings. The van der Waals surface area contributed by atoms with Gasteiger partial charge in [0.15, 0.2) is 0 Å². The topological polar surface area (TPSA) is 40.5 Å². The van der Waals surface area contributed by atoms with E-state index in [1.807, 2.05) is 12.1 Å². The third-order valence-corrected chi connectivity index (χ3v) is 4.15. The zero-order chi connectivity index (χ0) is 13.8. The van der Waals surface area contributed by atoms with Gasteiger partial charge in [0.05, 0.1) is 0 Å². The molecular weight excluding hydrogens is 235 g/mol. The molecule has 1 aliphatic carbocycles. The monoisotopic (exact) mass is 252 g/mol. The first-order valence-corrected chi connectivity index (χ1v) is 6.53. The molecule has 0 amide bonds. The molecule has 3 heteroatoms. The van der Waals surface area contributed by atoms with Gasteiger partial charge in [-0.15, -0.1) is 0 Å². The van der Waals surface area contributed by atoms with Gasteiger partial charge >= 0.3 is 7.12 Å². The summed E-state index contributed by atoms with van der Waals surface area (Å²) >= 11 is 0. The van der Waals surface area contributed by atoms with Gasteiger partial charge in [0.1, 0.15) is 0 Å². The van der Waals surface area contributed by atoms with Crippen LogP contribution in [0.3, 0.4) is 0 Å². The highest BCUT2D eigenvalue weighted by Crippen LogP contribution is 2.48. The Morgan fingerprint density at radius 3 is 2.11 bits per heavy atom. The minimum absolute atomic E-state index is 0.0956. The van der Waals surface area contributed by atoms with Crippen molar-refractivity contribution in [3.63, 3.8) is 0 Å². The average Bonchev–Trinajstić information content (AvgIpc) is 2.58. The molecule has 2 N–H and O–H groups in total. The van der Waals surface area contributed by atoms with Crippen LogP contribution in [0.15, 0.2) is 36.4 Å². The lowest BCUT2D eigenvalue weighted by molar-refractivity contribution is 0.425. The van der Waals surface area contributed by atoms with Crippen molar-refractivity contribution in [1.82, 2.24) is 0 Å². The molecule has 0 heterocycles. The standard InChI is InChI=1S/C16H17BO2/c1-10-4-6-12-13-7-5-11(17(18)19)9-15(13)16(2,3)14(12)8-10/h4-9,18-19H,1-3H3. The first-order valence-electron chi connectivity index (χ1n) is 6.53. The molecule has 19 heavy (non-hydrogen) atoms. The van der Waals surface area contributed by atoms with Crippen LogP contribution in [0.5, 0.6) is 0 Å². The molecule has 0 saturated carbocycles. The number of fused-ring (bicyclic) bond motifs is 3. The van der Waals surface area contributed by atoms with Gasteiger partial charge in [-0.1, -0.05) is 55.8 Å². The highest BCUT2D eigenvalue weighted by molar-refractivity contribution is 6.58. The van der Waals surface area contributed by atoms with Crippen molar-refractivity contribution in [3.05, 3.63) is 53.1 Å². The third kappa shape index (κ3) is 1.73. The zero-order valence-corrected chi connectivity index (χ0v) is 11.4. The van der Waals surface area contributed by atoms with Gasteiger partial charge in [-0.25, -0.2) is 0 Å². The van der Waals surface area contributed by atoms with Gasteiger partial charge in [0.25, 0.3) is 0 Å². The number of aryl methyl sites for hydroxylation is 1. The molecule has 0 bridgehead atoms. The van der Waals surface area contributed by atoms with E-state index in [1.165, 1.54) is 27.8 Å². The predicted molar refractivity (Wildman–Crippen MR) is 78.6 cm³/mol. The van der Waals surface area contributed by atoms with E-state index >= 15 is 0 Å². The van der Waals surface area contributed by atoms with E-state index in [0.29, 0.717) is 5.46 Å². The molecule has 0 saturated heterocycles. The number of benzene rings is 2.